The van der Waals surface area contributed by atoms with Gasteiger partial charge < -0.3 is 11.1 Å². The summed E-state index contributed by atoms with van der Waals surface area (Å²) in [4.78, 5) is 4.12. The molecular weight excluding hydrogens is 442 g/mol. The summed E-state index contributed by atoms with van der Waals surface area (Å²) in [5.41, 5.74) is 8.13. The number of halogens is 4. The maximum absolute atomic E-state index is 13.1. The molecule has 0 heterocycles. The zero-order chi connectivity index (χ0) is 17.7. The van der Waals surface area contributed by atoms with Crippen molar-refractivity contribution in [3.05, 3.63) is 65.0 Å². The van der Waals surface area contributed by atoms with Crippen molar-refractivity contribution in [1.29, 1.82) is 0 Å². The molecule has 0 fully saturated rings. The number of aliphatic imine (C=N–C) groups is 1. The van der Waals surface area contributed by atoms with Crippen LogP contribution in [0.2, 0.25) is 0 Å². The van der Waals surface area contributed by atoms with Gasteiger partial charge in [0.15, 0.2) is 23.4 Å². The van der Waals surface area contributed by atoms with Crippen molar-refractivity contribution in [2.24, 2.45) is 10.7 Å². The van der Waals surface area contributed by atoms with E-state index in [4.69, 9.17) is 5.73 Å². The molecule has 0 saturated heterocycles. The van der Waals surface area contributed by atoms with E-state index < -0.39 is 17.5 Å². The average molecular weight is 463 g/mol. The zero-order valence-electron chi connectivity index (χ0n) is 14.0. The summed E-state index contributed by atoms with van der Waals surface area (Å²) in [6.45, 7) is 4.42. The first-order valence-corrected chi connectivity index (χ1v) is 7.67. The molecule has 0 atom stereocenters. The van der Waals surface area contributed by atoms with Crippen LogP contribution in [0.25, 0.3) is 0 Å². The van der Waals surface area contributed by atoms with Crippen LogP contribution < -0.4 is 11.1 Å². The molecule has 0 amide bonds. The second-order valence-corrected chi connectivity index (χ2v) is 5.80. The molecule has 3 nitrogen and oxygen atoms in total. The summed E-state index contributed by atoms with van der Waals surface area (Å²) in [6, 6.07) is 9.74. The van der Waals surface area contributed by atoms with E-state index in [1.807, 2.05) is 24.3 Å². The highest BCUT2D eigenvalue weighted by Gasteiger charge is 2.10. The first-order valence-electron chi connectivity index (χ1n) is 7.67. The average Bonchev–Trinajstić information content (AvgIpc) is 2.52. The van der Waals surface area contributed by atoms with Crippen LogP contribution in [0.4, 0.5) is 18.9 Å². The summed E-state index contributed by atoms with van der Waals surface area (Å²) >= 11 is 0. The molecule has 0 aliphatic carbocycles. The van der Waals surface area contributed by atoms with Crippen molar-refractivity contribution in [1.82, 2.24) is 0 Å². The molecule has 0 aliphatic heterocycles. The highest BCUT2D eigenvalue weighted by molar-refractivity contribution is 14.0. The van der Waals surface area contributed by atoms with Crippen LogP contribution in [0, 0.1) is 17.5 Å². The van der Waals surface area contributed by atoms with Gasteiger partial charge in [-0.2, -0.15) is 0 Å². The van der Waals surface area contributed by atoms with Crippen LogP contribution in [-0.4, -0.2) is 12.5 Å². The number of rotatable bonds is 5. The van der Waals surface area contributed by atoms with Crippen molar-refractivity contribution < 1.29 is 13.2 Å². The third-order valence-electron chi connectivity index (χ3n) is 3.55. The second-order valence-electron chi connectivity index (χ2n) is 5.80. The Balaban J connectivity index is 0.00000312. The molecule has 0 unspecified atom stereocenters. The van der Waals surface area contributed by atoms with Crippen molar-refractivity contribution in [3.8, 4) is 0 Å². The van der Waals surface area contributed by atoms with Gasteiger partial charge in [-0.25, -0.2) is 13.2 Å². The van der Waals surface area contributed by atoms with Gasteiger partial charge >= 0.3 is 0 Å². The minimum Gasteiger partial charge on any atom is -0.370 e. The molecular formula is C18H21F3IN3. The van der Waals surface area contributed by atoms with E-state index in [0.717, 1.165) is 17.8 Å². The molecule has 136 valence electrons. The van der Waals surface area contributed by atoms with Crippen LogP contribution in [0.1, 0.15) is 30.9 Å². The Morgan fingerprint density at radius 2 is 1.76 bits per heavy atom. The van der Waals surface area contributed by atoms with Gasteiger partial charge in [0, 0.05) is 12.2 Å². The third-order valence-corrected chi connectivity index (χ3v) is 3.55. The lowest BCUT2D eigenvalue weighted by Gasteiger charge is -2.10. The van der Waals surface area contributed by atoms with Gasteiger partial charge in [0.2, 0.25) is 0 Å². The Bertz CT molecular complexity index is 725. The lowest BCUT2D eigenvalue weighted by Crippen LogP contribution is -2.23. The SMILES string of the molecule is CC(C)c1cccc(NC(N)=NCCc2cc(F)c(F)c(F)c2)c1.I. The van der Waals surface area contributed by atoms with Crippen LogP contribution in [0.5, 0.6) is 0 Å². The molecule has 0 aliphatic rings. The minimum absolute atomic E-state index is 0. The lowest BCUT2D eigenvalue weighted by molar-refractivity contribution is 0.445. The highest BCUT2D eigenvalue weighted by Crippen LogP contribution is 2.18. The fraction of sp³-hybridized carbons (Fsp3) is 0.278. The summed E-state index contributed by atoms with van der Waals surface area (Å²) < 4.78 is 39.1. The number of nitrogens with one attached hydrogen (secondary N) is 1. The molecule has 2 aromatic carbocycles. The van der Waals surface area contributed by atoms with E-state index in [1.54, 1.807) is 0 Å². The van der Waals surface area contributed by atoms with Crippen molar-refractivity contribution in [2.75, 3.05) is 11.9 Å². The number of nitrogens with two attached hydrogens (primary N) is 1. The minimum atomic E-state index is -1.46. The van der Waals surface area contributed by atoms with Crippen LogP contribution in [-0.2, 0) is 6.42 Å². The molecule has 2 aromatic rings. The van der Waals surface area contributed by atoms with E-state index in [1.165, 1.54) is 5.56 Å². The Labute approximate surface area is 162 Å². The summed E-state index contributed by atoms with van der Waals surface area (Å²) in [6.07, 6.45) is 0.253. The van der Waals surface area contributed by atoms with E-state index in [2.05, 4.69) is 24.2 Å². The molecule has 0 bridgehead atoms. The molecule has 2 rings (SSSR count). The number of nitrogens with zero attached hydrogens (tertiary/aromatic N) is 1. The molecule has 7 heteroatoms. The van der Waals surface area contributed by atoms with Gasteiger partial charge in [0.05, 0.1) is 0 Å². The lowest BCUT2D eigenvalue weighted by atomic mass is 10.0. The van der Waals surface area contributed by atoms with Gasteiger partial charge in [-0.15, -0.1) is 24.0 Å². The maximum atomic E-state index is 13.1. The number of hydrogen-bond acceptors (Lipinski definition) is 1. The number of benzene rings is 2. The smallest absolute Gasteiger partial charge is 0.194 e. The van der Waals surface area contributed by atoms with Gasteiger partial charge in [-0.1, -0.05) is 26.0 Å². The normalized spacial score (nSPS) is 11.4. The van der Waals surface area contributed by atoms with E-state index in [0.29, 0.717) is 11.5 Å². The molecule has 0 saturated carbocycles. The Morgan fingerprint density at radius 1 is 1.12 bits per heavy atom. The van der Waals surface area contributed by atoms with Crippen LogP contribution in [0.3, 0.4) is 0 Å². The zero-order valence-corrected chi connectivity index (χ0v) is 16.4. The van der Waals surface area contributed by atoms with E-state index in [-0.39, 0.29) is 42.9 Å². The number of anilines is 1. The fourth-order valence-electron chi connectivity index (χ4n) is 2.22. The number of hydrogen-bond donors (Lipinski definition) is 2. The second kappa shape index (κ2) is 9.65. The first-order chi connectivity index (χ1) is 11.4. The Kier molecular flexibility index (Phi) is 8.21. The van der Waals surface area contributed by atoms with Crippen LogP contribution in [0.15, 0.2) is 41.4 Å². The molecule has 3 N–H and O–H groups in total. The summed E-state index contributed by atoms with van der Waals surface area (Å²) in [5, 5.41) is 2.97. The summed E-state index contributed by atoms with van der Waals surface area (Å²) in [5.74, 6) is -3.27. The predicted octanol–water partition coefficient (Wildman–Crippen LogP) is 4.81. The molecule has 0 aromatic heterocycles. The molecule has 0 spiro atoms. The summed E-state index contributed by atoms with van der Waals surface area (Å²) in [7, 11) is 0. The quantitative estimate of drug-likeness (QED) is 0.289. The fourth-order valence-corrected chi connectivity index (χ4v) is 2.22. The molecule has 0 radical (unpaired) electrons. The van der Waals surface area contributed by atoms with Gasteiger partial charge in [-0.05, 0) is 47.7 Å². The Morgan fingerprint density at radius 3 is 2.36 bits per heavy atom. The van der Waals surface area contributed by atoms with Crippen LogP contribution >= 0.6 is 24.0 Å². The van der Waals surface area contributed by atoms with Crippen molar-refractivity contribution >= 4 is 35.6 Å². The maximum Gasteiger partial charge on any atom is 0.194 e. The van der Waals surface area contributed by atoms with Gasteiger partial charge in [0.25, 0.3) is 0 Å². The van der Waals surface area contributed by atoms with E-state index >= 15 is 0 Å². The first kappa shape index (κ1) is 21.3. The highest BCUT2D eigenvalue weighted by atomic mass is 127. The third kappa shape index (κ3) is 6.22. The largest absolute Gasteiger partial charge is 0.370 e. The molecule has 25 heavy (non-hydrogen) atoms. The Hall–Kier alpha value is -1.77. The number of guanidine groups is 1. The van der Waals surface area contributed by atoms with Crippen molar-refractivity contribution in [2.45, 2.75) is 26.2 Å². The standard InChI is InChI=1S/C18H20F3N3.HI/c1-11(2)13-4-3-5-14(10-13)24-18(22)23-7-6-12-8-15(19)17(21)16(20)9-12;/h3-5,8-11H,6-7H2,1-2H3,(H3,22,23,24);1H. The monoisotopic (exact) mass is 463 g/mol. The topological polar surface area (TPSA) is 50.4 Å². The predicted molar refractivity (Wildman–Crippen MR) is 106 cm³/mol. The van der Waals surface area contributed by atoms with Crippen molar-refractivity contribution in [3.63, 3.8) is 0 Å². The van der Waals surface area contributed by atoms with Gasteiger partial charge in [-0.3, -0.25) is 4.99 Å². The van der Waals surface area contributed by atoms with Gasteiger partial charge in [0.1, 0.15) is 0 Å². The van der Waals surface area contributed by atoms with E-state index in [9.17, 15) is 13.2 Å².